The maximum Gasteiger partial charge on any atom is 0.295 e. The molecule has 1 fully saturated rings. The van der Waals surface area contributed by atoms with Crippen molar-refractivity contribution in [3.05, 3.63) is 58.0 Å². The summed E-state index contributed by atoms with van der Waals surface area (Å²) in [6.07, 6.45) is 2.66. The zero-order chi connectivity index (χ0) is 21.1. The van der Waals surface area contributed by atoms with Crippen LogP contribution in [-0.4, -0.2) is 35.4 Å². The molecule has 1 amide bonds. The van der Waals surface area contributed by atoms with Crippen molar-refractivity contribution in [2.75, 3.05) is 13.7 Å². The Hall–Kier alpha value is -2.73. The van der Waals surface area contributed by atoms with E-state index in [1.165, 1.54) is 18.1 Å². The molecule has 0 spiro atoms. The highest BCUT2D eigenvalue weighted by molar-refractivity contribution is 6.46. The van der Waals surface area contributed by atoms with E-state index in [9.17, 15) is 14.7 Å². The molecule has 1 aromatic heterocycles. The Balaban J connectivity index is 2.16. The average Bonchev–Trinajstić information content (AvgIpc) is 3.23. The van der Waals surface area contributed by atoms with E-state index in [2.05, 4.69) is 6.92 Å². The van der Waals surface area contributed by atoms with Gasteiger partial charge in [0, 0.05) is 11.6 Å². The molecular weight excluding hydrogens is 394 g/mol. The molecule has 7 heteroatoms. The fourth-order valence-electron chi connectivity index (χ4n) is 3.55. The lowest BCUT2D eigenvalue weighted by Gasteiger charge is -2.23. The Bertz CT molecular complexity index is 962. The molecule has 1 aliphatic rings. The number of halogens is 1. The van der Waals surface area contributed by atoms with Crippen molar-refractivity contribution in [2.24, 2.45) is 0 Å². The number of ketones is 1. The van der Waals surface area contributed by atoms with Gasteiger partial charge in [-0.15, -0.1) is 0 Å². The van der Waals surface area contributed by atoms with Gasteiger partial charge >= 0.3 is 0 Å². The summed E-state index contributed by atoms with van der Waals surface area (Å²) in [4.78, 5) is 27.2. The molecule has 2 heterocycles. The fraction of sp³-hybridized carbons (Fsp3) is 0.364. The molecule has 0 radical (unpaired) electrons. The van der Waals surface area contributed by atoms with E-state index in [-0.39, 0.29) is 16.9 Å². The number of nitrogens with zero attached hydrogens (tertiary/aromatic N) is 1. The van der Waals surface area contributed by atoms with Gasteiger partial charge in [-0.2, -0.15) is 0 Å². The first-order valence-electron chi connectivity index (χ1n) is 9.57. The number of hydrogen-bond donors (Lipinski definition) is 1. The third-order valence-electron chi connectivity index (χ3n) is 4.99. The Kier molecular flexibility index (Phi) is 6.33. The van der Waals surface area contributed by atoms with Gasteiger partial charge in [-0.3, -0.25) is 9.59 Å². The van der Waals surface area contributed by atoms with Crippen LogP contribution in [0.15, 0.2) is 40.3 Å². The number of likely N-dealkylation sites (tertiary alicyclic amines) is 1. The zero-order valence-corrected chi connectivity index (χ0v) is 17.5. The van der Waals surface area contributed by atoms with Crippen LogP contribution in [-0.2, 0) is 9.59 Å². The number of hydrogen-bond acceptors (Lipinski definition) is 5. The first-order chi connectivity index (χ1) is 13.9. The van der Waals surface area contributed by atoms with Gasteiger partial charge < -0.3 is 19.2 Å². The fourth-order valence-corrected chi connectivity index (χ4v) is 3.72. The van der Waals surface area contributed by atoms with Crippen LogP contribution in [0.4, 0.5) is 0 Å². The largest absolute Gasteiger partial charge is 0.507 e. The average molecular weight is 418 g/mol. The number of furan rings is 1. The van der Waals surface area contributed by atoms with Crippen LogP contribution in [0, 0.1) is 6.92 Å². The third-order valence-corrected chi connectivity index (χ3v) is 5.22. The monoisotopic (exact) mass is 417 g/mol. The predicted molar refractivity (Wildman–Crippen MR) is 110 cm³/mol. The number of rotatable bonds is 7. The lowest BCUT2D eigenvalue weighted by atomic mass is 9.98. The highest BCUT2D eigenvalue weighted by Crippen LogP contribution is 2.42. The van der Waals surface area contributed by atoms with Crippen LogP contribution in [0.25, 0.3) is 5.76 Å². The number of methoxy groups -OCH3 is 1. The molecule has 6 nitrogen and oxygen atoms in total. The van der Waals surface area contributed by atoms with Crippen LogP contribution < -0.4 is 4.74 Å². The molecule has 29 heavy (non-hydrogen) atoms. The number of Topliss-reactive ketones (excluding diaryl/α,β-unsaturated/α-hetero) is 1. The van der Waals surface area contributed by atoms with E-state index in [4.69, 9.17) is 20.8 Å². The summed E-state index contributed by atoms with van der Waals surface area (Å²) in [7, 11) is 1.46. The summed E-state index contributed by atoms with van der Waals surface area (Å²) in [5.41, 5.74) is 0.223. The van der Waals surface area contributed by atoms with Gasteiger partial charge in [-0.25, -0.2) is 0 Å². The van der Waals surface area contributed by atoms with Gasteiger partial charge in [0.15, 0.2) is 0 Å². The summed E-state index contributed by atoms with van der Waals surface area (Å²) in [5.74, 6) is -0.304. The van der Waals surface area contributed by atoms with E-state index in [0.717, 1.165) is 19.3 Å². The third kappa shape index (κ3) is 4.03. The maximum atomic E-state index is 12.9. The topological polar surface area (TPSA) is 80.0 Å². The van der Waals surface area contributed by atoms with E-state index in [1.807, 2.05) is 0 Å². The molecule has 1 saturated heterocycles. The Morgan fingerprint density at radius 1 is 1.24 bits per heavy atom. The first kappa shape index (κ1) is 21.0. The molecule has 0 bridgehead atoms. The second kappa shape index (κ2) is 8.74. The molecular formula is C22H24ClNO5. The minimum Gasteiger partial charge on any atom is -0.507 e. The molecule has 1 N–H and O–H groups in total. The number of aliphatic hydroxyl groups excluding tert-OH is 1. The van der Waals surface area contributed by atoms with Gasteiger partial charge in [0.2, 0.25) is 0 Å². The predicted octanol–water partition coefficient (Wildman–Crippen LogP) is 4.86. The minimum atomic E-state index is -0.802. The van der Waals surface area contributed by atoms with E-state index < -0.39 is 17.7 Å². The molecule has 1 aromatic carbocycles. The normalized spacial score (nSPS) is 18.5. The van der Waals surface area contributed by atoms with Crippen molar-refractivity contribution in [3.8, 4) is 5.75 Å². The number of unbranched alkanes of at least 4 members (excludes halogenated alkanes) is 2. The lowest BCUT2D eigenvalue weighted by Crippen LogP contribution is -2.30. The van der Waals surface area contributed by atoms with Crippen LogP contribution in [0.2, 0.25) is 5.02 Å². The molecule has 154 valence electrons. The second-order valence-electron chi connectivity index (χ2n) is 6.99. The number of aryl methyl sites for hydroxylation is 1. The van der Waals surface area contributed by atoms with Gasteiger partial charge in [0.05, 0.1) is 18.2 Å². The van der Waals surface area contributed by atoms with E-state index in [1.54, 1.807) is 31.2 Å². The second-order valence-corrected chi connectivity index (χ2v) is 7.43. The molecule has 3 rings (SSSR count). The highest BCUT2D eigenvalue weighted by Gasteiger charge is 2.47. The van der Waals surface area contributed by atoms with Crippen LogP contribution in [0.5, 0.6) is 5.75 Å². The molecule has 1 unspecified atom stereocenters. The van der Waals surface area contributed by atoms with Gasteiger partial charge in [-0.1, -0.05) is 31.4 Å². The number of aliphatic hydroxyl groups is 1. The van der Waals surface area contributed by atoms with E-state index in [0.29, 0.717) is 28.8 Å². The molecule has 0 aliphatic carbocycles. The van der Waals surface area contributed by atoms with Crippen LogP contribution in [0.1, 0.15) is 49.3 Å². The number of amides is 1. The van der Waals surface area contributed by atoms with E-state index >= 15 is 0 Å². The molecule has 1 atom stereocenters. The van der Waals surface area contributed by atoms with Crippen molar-refractivity contribution in [3.63, 3.8) is 0 Å². The minimum absolute atomic E-state index is 0.0265. The zero-order valence-electron chi connectivity index (χ0n) is 16.7. The molecule has 2 aromatic rings. The Labute approximate surface area is 174 Å². The number of carbonyl (C=O) groups excluding carboxylic acids is 2. The van der Waals surface area contributed by atoms with Crippen molar-refractivity contribution in [1.82, 2.24) is 4.90 Å². The number of benzene rings is 1. The van der Waals surface area contributed by atoms with Gasteiger partial charge in [-0.05, 0) is 43.7 Å². The number of ether oxygens (including phenoxy) is 1. The van der Waals surface area contributed by atoms with Gasteiger partial charge in [0.1, 0.15) is 29.1 Å². The maximum absolute atomic E-state index is 12.9. The Morgan fingerprint density at radius 2 is 2.00 bits per heavy atom. The Morgan fingerprint density at radius 3 is 2.62 bits per heavy atom. The van der Waals surface area contributed by atoms with Gasteiger partial charge in [0.25, 0.3) is 11.7 Å². The first-order valence-corrected chi connectivity index (χ1v) is 9.95. The number of carbonyl (C=O) groups is 2. The van der Waals surface area contributed by atoms with Crippen LogP contribution >= 0.6 is 11.6 Å². The SMILES string of the molecule is CCCCCN1C(=O)C(=O)/C(=C(/O)c2cc(Cl)ccc2OC)C1c1ccc(C)o1. The summed E-state index contributed by atoms with van der Waals surface area (Å²) >= 11 is 6.09. The van der Waals surface area contributed by atoms with Crippen molar-refractivity contribution in [1.29, 1.82) is 0 Å². The molecule has 0 saturated carbocycles. The lowest BCUT2D eigenvalue weighted by molar-refractivity contribution is -0.140. The quantitative estimate of drug-likeness (QED) is 0.301. The van der Waals surface area contributed by atoms with Crippen molar-refractivity contribution < 1.29 is 23.8 Å². The molecule has 1 aliphatic heterocycles. The van der Waals surface area contributed by atoms with Crippen molar-refractivity contribution in [2.45, 2.75) is 39.2 Å². The van der Waals surface area contributed by atoms with Crippen molar-refractivity contribution >= 4 is 29.1 Å². The standard InChI is InChI=1S/C22H24ClNO5/c1-4-5-6-11-24-19(17-9-7-13(2)29-17)18(21(26)22(24)27)20(25)15-12-14(23)8-10-16(15)28-3/h7-10,12,19,25H,4-6,11H2,1-3H3/b20-18+. The summed E-state index contributed by atoms with van der Waals surface area (Å²) < 4.78 is 11.1. The highest BCUT2D eigenvalue weighted by atomic mass is 35.5. The summed E-state index contributed by atoms with van der Waals surface area (Å²) in [6.45, 7) is 4.24. The van der Waals surface area contributed by atoms with Crippen LogP contribution in [0.3, 0.4) is 0 Å². The summed E-state index contributed by atoms with van der Waals surface area (Å²) in [5, 5.41) is 11.4. The summed E-state index contributed by atoms with van der Waals surface area (Å²) in [6, 6.07) is 7.41. The smallest absolute Gasteiger partial charge is 0.295 e.